The number of nitrogens with zero attached hydrogens (tertiary/aromatic N) is 4. The van der Waals surface area contributed by atoms with E-state index < -0.39 is 0 Å². The van der Waals surface area contributed by atoms with E-state index in [9.17, 15) is 4.39 Å². The van der Waals surface area contributed by atoms with Gasteiger partial charge in [-0.1, -0.05) is 29.8 Å². The average molecular weight is 320 g/mol. The van der Waals surface area contributed by atoms with Gasteiger partial charge in [-0.15, -0.1) is 10.2 Å². The monoisotopic (exact) mass is 320 g/mol. The lowest BCUT2D eigenvalue weighted by atomic mass is 10.2. The Morgan fingerprint density at radius 3 is 2.92 bits per heavy atom. The zero-order valence-corrected chi connectivity index (χ0v) is 12.8. The molecule has 7 heteroatoms. The van der Waals surface area contributed by atoms with E-state index in [0.29, 0.717) is 16.7 Å². The number of nitrogens with one attached hydrogen (secondary N) is 2. The van der Waals surface area contributed by atoms with Gasteiger partial charge in [-0.3, -0.25) is 0 Å². The first kappa shape index (κ1) is 14.3. The molecule has 0 atom stereocenters. The van der Waals surface area contributed by atoms with Gasteiger partial charge in [0.1, 0.15) is 11.3 Å². The first-order valence-electron chi connectivity index (χ1n) is 7.37. The number of aromatic amines is 1. The van der Waals surface area contributed by atoms with E-state index in [-0.39, 0.29) is 11.8 Å². The molecule has 2 N–H and O–H groups in total. The Kier molecular flexibility index (Phi) is 3.38. The molecule has 0 unspecified atom stereocenters. The van der Waals surface area contributed by atoms with Crippen molar-refractivity contribution in [1.29, 1.82) is 0 Å². The number of H-pyrrole nitrogens is 1. The Balaban J connectivity index is 1.63. The summed E-state index contributed by atoms with van der Waals surface area (Å²) in [5.74, 6) is -0.109. The highest BCUT2D eigenvalue weighted by molar-refractivity contribution is 6.03. The van der Waals surface area contributed by atoms with Crippen LogP contribution in [0.4, 0.5) is 10.3 Å². The first-order valence-corrected chi connectivity index (χ1v) is 7.37. The van der Waals surface area contributed by atoms with Crippen molar-refractivity contribution in [3.63, 3.8) is 0 Å². The van der Waals surface area contributed by atoms with Crippen LogP contribution in [-0.4, -0.2) is 26.4 Å². The van der Waals surface area contributed by atoms with Crippen LogP contribution in [-0.2, 0) is 0 Å². The molecule has 0 aliphatic heterocycles. The minimum atomic E-state index is -0.344. The van der Waals surface area contributed by atoms with Gasteiger partial charge in [0.25, 0.3) is 5.95 Å². The molecule has 2 heterocycles. The fourth-order valence-electron chi connectivity index (χ4n) is 2.47. The zero-order valence-electron chi connectivity index (χ0n) is 12.8. The number of anilines is 1. The maximum atomic E-state index is 13.5. The van der Waals surface area contributed by atoms with E-state index in [1.54, 1.807) is 18.2 Å². The van der Waals surface area contributed by atoms with Gasteiger partial charge in [-0.2, -0.15) is 10.1 Å². The van der Waals surface area contributed by atoms with Crippen LogP contribution in [0.5, 0.6) is 0 Å². The molecule has 0 aliphatic carbocycles. The molecule has 4 aromatic rings. The van der Waals surface area contributed by atoms with E-state index in [0.717, 1.165) is 16.5 Å². The van der Waals surface area contributed by atoms with Crippen LogP contribution in [0.1, 0.15) is 11.1 Å². The quantitative estimate of drug-likeness (QED) is 0.448. The highest BCUT2D eigenvalue weighted by atomic mass is 19.1. The number of hydrogen-bond acceptors (Lipinski definition) is 5. The van der Waals surface area contributed by atoms with Crippen molar-refractivity contribution in [1.82, 2.24) is 20.2 Å². The van der Waals surface area contributed by atoms with Crippen LogP contribution in [0.3, 0.4) is 0 Å². The highest BCUT2D eigenvalue weighted by Crippen LogP contribution is 2.23. The Morgan fingerprint density at radius 2 is 2.04 bits per heavy atom. The van der Waals surface area contributed by atoms with E-state index in [1.165, 1.54) is 12.3 Å². The Bertz CT molecular complexity index is 1070. The van der Waals surface area contributed by atoms with Gasteiger partial charge in [0.2, 0.25) is 0 Å². The third kappa shape index (κ3) is 2.56. The molecule has 0 bridgehead atoms. The molecule has 0 amide bonds. The molecule has 2 aromatic heterocycles. The van der Waals surface area contributed by atoms with Crippen molar-refractivity contribution < 1.29 is 4.39 Å². The third-order valence-corrected chi connectivity index (χ3v) is 3.64. The average Bonchev–Trinajstić information content (AvgIpc) is 2.94. The number of hydrogen-bond donors (Lipinski definition) is 2. The standard InChI is InChI=1S/C17H13FN6/c1-10-6-7-14-12(8-10)15-16(20-14)21-17(24-22-15)23-19-9-11-4-2-3-5-13(11)18/h2-9H,1H3,(H2,20,21,23,24). The Labute approximate surface area is 136 Å². The fourth-order valence-corrected chi connectivity index (χ4v) is 2.47. The smallest absolute Gasteiger partial charge is 0.265 e. The number of halogens is 1. The zero-order chi connectivity index (χ0) is 16.5. The molecule has 0 spiro atoms. The van der Waals surface area contributed by atoms with Crippen molar-refractivity contribution >= 4 is 34.2 Å². The van der Waals surface area contributed by atoms with Crippen LogP contribution >= 0.6 is 0 Å². The van der Waals surface area contributed by atoms with Crippen molar-refractivity contribution in [2.45, 2.75) is 6.92 Å². The summed E-state index contributed by atoms with van der Waals surface area (Å²) in [5, 5.41) is 13.1. The summed E-state index contributed by atoms with van der Waals surface area (Å²) in [6.07, 6.45) is 1.37. The minimum Gasteiger partial charge on any atom is -0.338 e. The van der Waals surface area contributed by atoms with Crippen molar-refractivity contribution in [3.05, 3.63) is 59.4 Å². The summed E-state index contributed by atoms with van der Waals surface area (Å²) in [7, 11) is 0. The predicted molar refractivity (Wildman–Crippen MR) is 91.5 cm³/mol. The van der Waals surface area contributed by atoms with Crippen molar-refractivity contribution in [2.24, 2.45) is 5.10 Å². The number of fused-ring (bicyclic) bond motifs is 3. The second-order valence-electron chi connectivity index (χ2n) is 5.40. The molecule has 24 heavy (non-hydrogen) atoms. The van der Waals surface area contributed by atoms with E-state index in [2.05, 4.69) is 30.7 Å². The Morgan fingerprint density at radius 1 is 1.17 bits per heavy atom. The molecule has 6 nitrogen and oxygen atoms in total. The van der Waals surface area contributed by atoms with Crippen LogP contribution in [0.25, 0.3) is 22.1 Å². The van der Waals surface area contributed by atoms with Gasteiger partial charge < -0.3 is 4.98 Å². The predicted octanol–water partition coefficient (Wildman–Crippen LogP) is 3.40. The summed E-state index contributed by atoms with van der Waals surface area (Å²) >= 11 is 0. The van der Waals surface area contributed by atoms with E-state index in [1.807, 2.05) is 25.1 Å². The molecule has 4 rings (SSSR count). The summed E-state index contributed by atoms with van der Waals surface area (Å²) in [6.45, 7) is 2.02. The first-order chi connectivity index (χ1) is 11.7. The highest BCUT2D eigenvalue weighted by Gasteiger charge is 2.08. The maximum absolute atomic E-state index is 13.5. The summed E-state index contributed by atoms with van der Waals surface area (Å²) in [6, 6.07) is 12.4. The Hall–Kier alpha value is -3.35. The van der Waals surface area contributed by atoms with Crippen molar-refractivity contribution in [2.75, 3.05) is 5.43 Å². The summed E-state index contributed by atoms with van der Waals surface area (Å²) in [4.78, 5) is 7.55. The lowest BCUT2D eigenvalue weighted by molar-refractivity contribution is 0.626. The molecular weight excluding hydrogens is 307 g/mol. The molecule has 2 aromatic carbocycles. The number of rotatable bonds is 3. The molecule has 0 saturated carbocycles. The number of hydrazone groups is 1. The molecular formula is C17H13FN6. The van der Waals surface area contributed by atoms with E-state index >= 15 is 0 Å². The van der Waals surface area contributed by atoms with Gasteiger partial charge in [-0.25, -0.2) is 9.82 Å². The molecule has 0 radical (unpaired) electrons. The normalized spacial score (nSPS) is 11.6. The van der Waals surface area contributed by atoms with Crippen LogP contribution < -0.4 is 5.43 Å². The largest absolute Gasteiger partial charge is 0.338 e. The van der Waals surface area contributed by atoms with Crippen molar-refractivity contribution in [3.8, 4) is 0 Å². The van der Waals surface area contributed by atoms with E-state index in [4.69, 9.17) is 0 Å². The number of aromatic nitrogens is 4. The van der Waals surface area contributed by atoms with Gasteiger partial charge in [0.15, 0.2) is 5.65 Å². The minimum absolute atomic E-state index is 0.235. The second-order valence-corrected chi connectivity index (χ2v) is 5.40. The lowest BCUT2D eigenvalue weighted by Crippen LogP contribution is -1.99. The molecule has 0 aliphatic rings. The number of aryl methyl sites for hydroxylation is 1. The van der Waals surface area contributed by atoms with Gasteiger partial charge >= 0.3 is 0 Å². The van der Waals surface area contributed by atoms with Crippen LogP contribution in [0.2, 0.25) is 0 Å². The molecule has 118 valence electrons. The van der Waals surface area contributed by atoms with Crippen LogP contribution in [0.15, 0.2) is 47.6 Å². The summed E-state index contributed by atoms with van der Waals surface area (Å²) < 4.78 is 13.5. The lowest BCUT2D eigenvalue weighted by Gasteiger charge is -1.98. The maximum Gasteiger partial charge on any atom is 0.265 e. The SMILES string of the molecule is Cc1ccc2[nH]c3nc(NN=Cc4ccccc4F)nnc3c2c1. The number of benzene rings is 2. The molecule has 0 saturated heterocycles. The third-order valence-electron chi connectivity index (χ3n) is 3.64. The van der Waals surface area contributed by atoms with Gasteiger partial charge in [0, 0.05) is 16.5 Å². The second kappa shape index (κ2) is 5.69. The van der Waals surface area contributed by atoms with Crippen LogP contribution in [0, 0.1) is 12.7 Å². The topological polar surface area (TPSA) is 78.9 Å². The summed E-state index contributed by atoms with van der Waals surface area (Å²) in [5.41, 5.74) is 6.46. The van der Waals surface area contributed by atoms with Gasteiger partial charge in [-0.05, 0) is 25.1 Å². The van der Waals surface area contributed by atoms with Gasteiger partial charge in [0.05, 0.1) is 6.21 Å². The fraction of sp³-hybridized carbons (Fsp3) is 0.0588. The molecule has 0 fully saturated rings.